The first-order valence-corrected chi connectivity index (χ1v) is 12.2. The molecule has 0 spiro atoms. The molecule has 3 aromatic carbocycles. The second kappa shape index (κ2) is 9.54. The van der Waals surface area contributed by atoms with Crippen LogP contribution in [0.3, 0.4) is 0 Å². The quantitative estimate of drug-likeness (QED) is 0.304. The molecule has 0 N–H and O–H groups in total. The van der Waals surface area contributed by atoms with E-state index >= 15 is 0 Å². The third kappa shape index (κ3) is 5.80. The van der Waals surface area contributed by atoms with E-state index in [1.165, 1.54) is 5.56 Å². The molecule has 0 aliphatic rings. The van der Waals surface area contributed by atoms with Crippen LogP contribution in [0.5, 0.6) is 0 Å². The Hall–Kier alpha value is -3.26. The predicted octanol–water partition coefficient (Wildman–Crippen LogP) is 9.04. The molecular weight excluding hydrogens is 412 g/mol. The van der Waals surface area contributed by atoms with E-state index in [4.69, 9.17) is 9.97 Å². The van der Waals surface area contributed by atoms with Gasteiger partial charge in [0.2, 0.25) is 0 Å². The van der Waals surface area contributed by atoms with Gasteiger partial charge < -0.3 is 0 Å². The molecular formula is C32H36N2. The van der Waals surface area contributed by atoms with Gasteiger partial charge in [0.1, 0.15) is 0 Å². The molecule has 1 atom stereocenters. The zero-order valence-electron chi connectivity index (χ0n) is 21.3. The predicted molar refractivity (Wildman–Crippen MR) is 145 cm³/mol. The lowest BCUT2D eigenvalue weighted by molar-refractivity contribution is 0.229. The topological polar surface area (TPSA) is 25.8 Å². The van der Waals surface area contributed by atoms with Crippen LogP contribution in [0.2, 0.25) is 0 Å². The average Bonchev–Trinajstić information content (AvgIpc) is 2.82. The van der Waals surface area contributed by atoms with Crippen molar-refractivity contribution in [1.82, 2.24) is 9.97 Å². The van der Waals surface area contributed by atoms with E-state index < -0.39 is 0 Å². The molecule has 2 heteroatoms. The van der Waals surface area contributed by atoms with E-state index in [2.05, 4.69) is 120 Å². The van der Waals surface area contributed by atoms with Crippen LogP contribution in [0.1, 0.15) is 59.4 Å². The molecule has 0 aliphatic carbocycles. The number of hydrogen-bond donors (Lipinski definition) is 0. The number of nitrogens with zero attached hydrogens (tertiary/aromatic N) is 2. The van der Waals surface area contributed by atoms with Gasteiger partial charge in [0, 0.05) is 16.7 Å². The maximum atomic E-state index is 4.97. The van der Waals surface area contributed by atoms with Crippen molar-refractivity contribution in [3.63, 3.8) is 0 Å². The van der Waals surface area contributed by atoms with Crippen LogP contribution in [-0.4, -0.2) is 9.97 Å². The number of benzene rings is 3. The summed E-state index contributed by atoms with van der Waals surface area (Å²) >= 11 is 0. The first kappa shape index (κ1) is 23.9. The molecule has 0 fully saturated rings. The van der Waals surface area contributed by atoms with Crippen molar-refractivity contribution >= 4 is 0 Å². The van der Waals surface area contributed by atoms with Crippen LogP contribution in [0.4, 0.5) is 0 Å². The first-order chi connectivity index (χ1) is 16.1. The van der Waals surface area contributed by atoms with E-state index in [1.54, 1.807) is 0 Å². The monoisotopic (exact) mass is 448 g/mol. The Kier molecular flexibility index (Phi) is 6.70. The summed E-state index contributed by atoms with van der Waals surface area (Å²) in [5, 5.41) is 0. The maximum absolute atomic E-state index is 4.97. The molecule has 0 saturated carbocycles. The van der Waals surface area contributed by atoms with Crippen molar-refractivity contribution in [2.45, 2.75) is 53.9 Å². The lowest BCUT2D eigenvalue weighted by Gasteiger charge is -2.36. The summed E-state index contributed by atoms with van der Waals surface area (Å²) in [6.07, 6.45) is 1.15. The third-order valence-corrected chi connectivity index (χ3v) is 6.30. The highest BCUT2D eigenvalue weighted by molar-refractivity contribution is 5.71. The van der Waals surface area contributed by atoms with Crippen LogP contribution in [0.25, 0.3) is 33.9 Å². The van der Waals surface area contributed by atoms with E-state index in [-0.39, 0.29) is 10.8 Å². The van der Waals surface area contributed by atoms with Gasteiger partial charge in [-0.15, -0.1) is 0 Å². The van der Waals surface area contributed by atoms with Gasteiger partial charge in [-0.3, -0.25) is 0 Å². The van der Waals surface area contributed by atoms with E-state index in [0.29, 0.717) is 5.92 Å². The Bertz CT molecular complexity index is 1150. The van der Waals surface area contributed by atoms with Gasteiger partial charge in [0.15, 0.2) is 5.82 Å². The second-order valence-electron chi connectivity index (χ2n) is 11.5. The van der Waals surface area contributed by atoms with Crippen molar-refractivity contribution < 1.29 is 0 Å². The molecule has 34 heavy (non-hydrogen) atoms. The third-order valence-electron chi connectivity index (χ3n) is 6.30. The Morgan fingerprint density at radius 1 is 0.588 bits per heavy atom. The fourth-order valence-corrected chi connectivity index (χ4v) is 4.49. The normalized spacial score (nSPS) is 13.0. The van der Waals surface area contributed by atoms with Gasteiger partial charge in [-0.25, -0.2) is 9.97 Å². The maximum Gasteiger partial charge on any atom is 0.160 e. The molecule has 4 rings (SSSR count). The van der Waals surface area contributed by atoms with Crippen LogP contribution in [0.15, 0.2) is 91.0 Å². The molecule has 2 nitrogen and oxygen atoms in total. The van der Waals surface area contributed by atoms with Gasteiger partial charge in [-0.2, -0.15) is 0 Å². The zero-order chi connectivity index (χ0) is 24.3. The Morgan fingerprint density at radius 3 is 1.47 bits per heavy atom. The highest BCUT2D eigenvalue weighted by atomic mass is 14.9. The van der Waals surface area contributed by atoms with E-state index in [0.717, 1.165) is 40.3 Å². The summed E-state index contributed by atoms with van der Waals surface area (Å²) in [5.41, 5.74) is 6.96. The van der Waals surface area contributed by atoms with Gasteiger partial charge in [0.25, 0.3) is 0 Å². The van der Waals surface area contributed by atoms with Gasteiger partial charge >= 0.3 is 0 Å². The highest BCUT2D eigenvalue weighted by Gasteiger charge is 2.30. The minimum atomic E-state index is 0.193. The molecule has 174 valence electrons. The van der Waals surface area contributed by atoms with Gasteiger partial charge in [-0.05, 0) is 34.8 Å². The number of hydrogen-bond acceptors (Lipinski definition) is 2. The lowest BCUT2D eigenvalue weighted by atomic mass is 9.69. The van der Waals surface area contributed by atoms with Crippen molar-refractivity contribution in [1.29, 1.82) is 0 Å². The Labute approximate surface area is 205 Å². The molecule has 0 bridgehead atoms. The van der Waals surface area contributed by atoms with E-state index in [1.807, 2.05) is 12.1 Å². The average molecular weight is 449 g/mol. The van der Waals surface area contributed by atoms with Crippen LogP contribution in [0, 0.1) is 10.8 Å². The first-order valence-electron chi connectivity index (χ1n) is 12.2. The van der Waals surface area contributed by atoms with Crippen LogP contribution in [-0.2, 0) is 0 Å². The number of aromatic nitrogens is 2. The summed E-state index contributed by atoms with van der Waals surface area (Å²) in [6, 6.07) is 31.7. The highest BCUT2D eigenvalue weighted by Crippen LogP contribution is 2.43. The van der Waals surface area contributed by atoms with Crippen molar-refractivity contribution in [3.8, 4) is 33.9 Å². The largest absolute Gasteiger partial charge is 0.228 e. The summed E-state index contributed by atoms with van der Waals surface area (Å²) in [6.45, 7) is 14.0. The zero-order valence-corrected chi connectivity index (χ0v) is 21.3. The van der Waals surface area contributed by atoms with Crippen molar-refractivity contribution in [2.24, 2.45) is 10.8 Å². The SMILES string of the molecule is CC(C)(C)CC(c1ccc(-c2nc(-c3ccccc3)cc(-c3ccccc3)n2)cc1)C(C)(C)C. The molecule has 0 radical (unpaired) electrons. The molecule has 1 heterocycles. The van der Waals surface area contributed by atoms with Crippen molar-refractivity contribution in [2.75, 3.05) is 0 Å². The summed E-state index contributed by atoms with van der Waals surface area (Å²) in [7, 11) is 0. The van der Waals surface area contributed by atoms with Gasteiger partial charge in [-0.1, -0.05) is 126 Å². The molecule has 1 aromatic heterocycles. The number of rotatable bonds is 5. The van der Waals surface area contributed by atoms with Crippen LogP contribution >= 0.6 is 0 Å². The van der Waals surface area contributed by atoms with E-state index in [9.17, 15) is 0 Å². The molecule has 0 amide bonds. The Morgan fingerprint density at radius 2 is 1.06 bits per heavy atom. The standard InChI is InChI=1S/C32H36N2/c1-31(2,3)22-27(32(4,5)6)23-17-19-26(20-18-23)30-33-28(24-13-9-7-10-14-24)21-29(34-30)25-15-11-8-12-16-25/h7-21,27H,22H2,1-6H3. The molecule has 1 unspecified atom stereocenters. The lowest BCUT2D eigenvalue weighted by Crippen LogP contribution is -2.23. The van der Waals surface area contributed by atoms with Gasteiger partial charge in [0.05, 0.1) is 11.4 Å². The molecule has 4 aromatic rings. The summed E-state index contributed by atoms with van der Waals surface area (Å²) in [4.78, 5) is 9.94. The fourth-order valence-electron chi connectivity index (χ4n) is 4.49. The summed E-state index contributed by atoms with van der Waals surface area (Å²) in [5.74, 6) is 1.24. The smallest absolute Gasteiger partial charge is 0.160 e. The molecule has 0 aliphatic heterocycles. The second-order valence-corrected chi connectivity index (χ2v) is 11.5. The minimum absolute atomic E-state index is 0.193. The minimum Gasteiger partial charge on any atom is -0.228 e. The van der Waals surface area contributed by atoms with Crippen molar-refractivity contribution in [3.05, 3.63) is 96.6 Å². The fraction of sp³-hybridized carbons (Fsp3) is 0.312. The Balaban J connectivity index is 1.76. The van der Waals surface area contributed by atoms with Crippen LogP contribution < -0.4 is 0 Å². The summed E-state index contributed by atoms with van der Waals surface area (Å²) < 4.78 is 0. The molecule has 0 saturated heterocycles.